The number of rotatable bonds is 6. The third kappa shape index (κ3) is 5.66. The highest BCUT2D eigenvalue weighted by Gasteiger charge is 2.12. The van der Waals surface area contributed by atoms with Crippen molar-refractivity contribution in [1.29, 1.82) is 0 Å². The number of nitrogens with two attached hydrogens (primary N) is 1. The molecule has 1 saturated heterocycles. The molecule has 122 valence electrons. The maximum atomic E-state index is 5.92. The van der Waals surface area contributed by atoms with Crippen molar-refractivity contribution in [3.63, 3.8) is 0 Å². The molecule has 0 unspecified atom stereocenters. The molecular formula is C17H28N4O. The van der Waals surface area contributed by atoms with E-state index in [1.54, 1.807) is 0 Å². The van der Waals surface area contributed by atoms with E-state index in [2.05, 4.69) is 53.3 Å². The van der Waals surface area contributed by atoms with E-state index in [1.807, 2.05) is 0 Å². The molecule has 0 spiro atoms. The first-order chi connectivity index (χ1) is 10.6. The molecule has 5 heteroatoms. The van der Waals surface area contributed by atoms with Crippen LogP contribution in [-0.2, 0) is 17.8 Å². The maximum absolute atomic E-state index is 5.92. The number of ether oxygens (including phenoxy) is 1. The molecule has 0 aromatic heterocycles. The summed E-state index contributed by atoms with van der Waals surface area (Å²) in [6.07, 6.45) is 0. The second-order valence-corrected chi connectivity index (χ2v) is 6.13. The number of morpholine rings is 1. The third-order valence-electron chi connectivity index (χ3n) is 3.73. The van der Waals surface area contributed by atoms with Gasteiger partial charge >= 0.3 is 0 Å². The molecule has 1 heterocycles. The highest BCUT2D eigenvalue weighted by Crippen LogP contribution is 2.14. The standard InChI is InChI=1S/C17H28N4O/c1-14(2)11-19-17(18)20-12-15-5-3-4-6-16(15)13-21-7-9-22-10-8-21/h3-6,14H,7-13H2,1-2H3,(H3,18,19,20). The Hall–Kier alpha value is -1.59. The van der Waals surface area contributed by atoms with Crippen LogP contribution in [0.1, 0.15) is 25.0 Å². The van der Waals surface area contributed by atoms with Gasteiger partial charge in [0, 0.05) is 26.2 Å². The van der Waals surface area contributed by atoms with E-state index in [-0.39, 0.29) is 0 Å². The second-order valence-electron chi connectivity index (χ2n) is 6.13. The maximum Gasteiger partial charge on any atom is 0.188 e. The molecule has 1 aromatic carbocycles. The van der Waals surface area contributed by atoms with Crippen LogP contribution in [0.25, 0.3) is 0 Å². The van der Waals surface area contributed by atoms with Crippen LogP contribution >= 0.6 is 0 Å². The molecule has 0 amide bonds. The average Bonchev–Trinajstić information content (AvgIpc) is 2.53. The van der Waals surface area contributed by atoms with E-state index in [0.717, 1.165) is 39.4 Å². The zero-order chi connectivity index (χ0) is 15.8. The fourth-order valence-electron chi connectivity index (χ4n) is 2.40. The van der Waals surface area contributed by atoms with Crippen LogP contribution < -0.4 is 11.1 Å². The number of nitrogens with zero attached hydrogens (tertiary/aromatic N) is 2. The molecule has 1 fully saturated rings. The number of nitrogens with one attached hydrogen (secondary N) is 1. The van der Waals surface area contributed by atoms with E-state index in [4.69, 9.17) is 10.5 Å². The summed E-state index contributed by atoms with van der Waals surface area (Å²) >= 11 is 0. The average molecular weight is 304 g/mol. The van der Waals surface area contributed by atoms with E-state index >= 15 is 0 Å². The van der Waals surface area contributed by atoms with Crippen molar-refractivity contribution < 1.29 is 4.74 Å². The van der Waals surface area contributed by atoms with Gasteiger partial charge in [-0.15, -0.1) is 0 Å². The van der Waals surface area contributed by atoms with Gasteiger partial charge in [-0.25, -0.2) is 4.99 Å². The van der Waals surface area contributed by atoms with Gasteiger partial charge in [0.2, 0.25) is 0 Å². The Labute approximate surface area is 133 Å². The monoisotopic (exact) mass is 304 g/mol. The molecule has 0 radical (unpaired) electrons. The lowest BCUT2D eigenvalue weighted by Gasteiger charge is -2.27. The quantitative estimate of drug-likeness (QED) is 0.619. The largest absolute Gasteiger partial charge is 0.379 e. The van der Waals surface area contributed by atoms with Gasteiger partial charge in [0.15, 0.2) is 5.96 Å². The zero-order valence-corrected chi connectivity index (χ0v) is 13.7. The van der Waals surface area contributed by atoms with Gasteiger partial charge in [-0.05, 0) is 17.0 Å². The minimum atomic E-state index is 0.523. The number of hydrogen-bond acceptors (Lipinski definition) is 3. The van der Waals surface area contributed by atoms with Gasteiger partial charge in [0.05, 0.1) is 19.8 Å². The van der Waals surface area contributed by atoms with Crippen LogP contribution in [-0.4, -0.2) is 43.7 Å². The van der Waals surface area contributed by atoms with Crippen LogP contribution in [0, 0.1) is 5.92 Å². The molecule has 0 bridgehead atoms. The Morgan fingerprint density at radius 3 is 2.64 bits per heavy atom. The Kier molecular flexibility index (Phi) is 6.68. The lowest BCUT2D eigenvalue weighted by molar-refractivity contribution is 0.0341. The van der Waals surface area contributed by atoms with Crippen molar-refractivity contribution >= 4 is 5.96 Å². The second kappa shape index (κ2) is 8.76. The predicted octanol–water partition coefficient (Wildman–Crippen LogP) is 1.58. The Morgan fingerprint density at radius 2 is 1.95 bits per heavy atom. The molecule has 1 aliphatic heterocycles. The minimum Gasteiger partial charge on any atom is -0.379 e. The van der Waals surface area contributed by atoms with Gasteiger partial charge in [0.1, 0.15) is 0 Å². The van der Waals surface area contributed by atoms with Crippen LogP contribution in [0.3, 0.4) is 0 Å². The van der Waals surface area contributed by atoms with Crippen molar-refractivity contribution in [3.8, 4) is 0 Å². The van der Waals surface area contributed by atoms with Gasteiger partial charge in [-0.2, -0.15) is 0 Å². The smallest absolute Gasteiger partial charge is 0.188 e. The van der Waals surface area contributed by atoms with Gasteiger partial charge in [0.25, 0.3) is 0 Å². The Balaban J connectivity index is 1.94. The van der Waals surface area contributed by atoms with Crippen molar-refractivity contribution in [3.05, 3.63) is 35.4 Å². The zero-order valence-electron chi connectivity index (χ0n) is 13.7. The first-order valence-electron chi connectivity index (χ1n) is 8.06. The topological polar surface area (TPSA) is 62.9 Å². The Bertz CT molecular complexity index is 481. The fraction of sp³-hybridized carbons (Fsp3) is 0.588. The molecule has 0 atom stereocenters. The molecule has 5 nitrogen and oxygen atoms in total. The first kappa shape index (κ1) is 16.8. The number of aliphatic imine (C=N–C) groups is 1. The first-order valence-corrected chi connectivity index (χ1v) is 8.06. The summed E-state index contributed by atoms with van der Waals surface area (Å²) in [4.78, 5) is 6.88. The predicted molar refractivity (Wildman–Crippen MR) is 90.7 cm³/mol. The molecule has 22 heavy (non-hydrogen) atoms. The highest BCUT2D eigenvalue weighted by molar-refractivity contribution is 5.77. The SMILES string of the molecule is CC(C)CNC(N)=NCc1ccccc1CN1CCOCC1. The summed E-state index contributed by atoms with van der Waals surface area (Å²) in [5.41, 5.74) is 8.48. The van der Waals surface area contributed by atoms with E-state index in [9.17, 15) is 0 Å². The molecule has 3 N–H and O–H groups in total. The Morgan fingerprint density at radius 1 is 1.27 bits per heavy atom. The van der Waals surface area contributed by atoms with E-state index in [1.165, 1.54) is 11.1 Å². The summed E-state index contributed by atoms with van der Waals surface area (Å²) < 4.78 is 5.40. The molecule has 0 saturated carbocycles. The fourth-order valence-corrected chi connectivity index (χ4v) is 2.40. The van der Waals surface area contributed by atoms with Crippen molar-refractivity contribution in [2.45, 2.75) is 26.9 Å². The van der Waals surface area contributed by atoms with Gasteiger partial charge in [-0.1, -0.05) is 38.1 Å². The summed E-state index contributed by atoms with van der Waals surface area (Å²) in [5.74, 6) is 1.08. The summed E-state index contributed by atoms with van der Waals surface area (Å²) in [5, 5.41) is 3.15. The lowest BCUT2D eigenvalue weighted by Crippen LogP contribution is -2.36. The summed E-state index contributed by atoms with van der Waals surface area (Å²) in [6, 6.07) is 8.46. The van der Waals surface area contributed by atoms with Crippen LogP contribution in [0.2, 0.25) is 0 Å². The van der Waals surface area contributed by atoms with Crippen molar-refractivity contribution in [1.82, 2.24) is 10.2 Å². The van der Waals surface area contributed by atoms with Crippen LogP contribution in [0.15, 0.2) is 29.3 Å². The lowest BCUT2D eigenvalue weighted by atomic mass is 10.1. The minimum absolute atomic E-state index is 0.523. The van der Waals surface area contributed by atoms with Gasteiger partial charge in [-0.3, -0.25) is 4.90 Å². The van der Waals surface area contributed by atoms with E-state index < -0.39 is 0 Å². The van der Waals surface area contributed by atoms with Crippen molar-refractivity contribution in [2.24, 2.45) is 16.6 Å². The molecular weight excluding hydrogens is 276 g/mol. The molecule has 1 aromatic rings. The van der Waals surface area contributed by atoms with Crippen LogP contribution in [0.4, 0.5) is 0 Å². The number of guanidine groups is 1. The third-order valence-corrected chi connectivity index (χ3v) is 3.73. The molecule has 0 aliphatic carbocycles. The van der Waals surface area contributed by atoms with Crippen LogP contribution in [0.5, 0.6) is 0 Å². The number of benzene rings is 1. The molecule has 1 aliphatic rings. The van der Waals surface area contributed by atoms with Gasteiger partial charge < -0.3 is 15.8 Å². The van der Waals surface area contributed by atoms with E-state index in [0.29, 0.717) is 18.4 Å². The molecule has 2 rings (SSSR count). The van der Waals surface area contributed by atoms with Crippen molar-refractivity contribution in [2.75, 3.05) is 32.8 Å². The highest BCUT2D eigenvalue weighted by atomic mass is 16.5. The normalized spacial score (nSPS) is 17.0. The summed E-state index contributed by atoms with van der Waals surface area (Å²) in [7, 11) is 0. The summed E-state index contributed by atoms with van der Waals surface area (Å²) in [6.45, 7) is 10.4. The number of hydrogen-bond donors (Lipinski definition) is 2.